The van der Waals surface area contributed by atoms with Gasteiger partial charge in [0.25, 0.3) is 11.5 Å². The highest BCUT2D eigenvalue weighted by Gasteiger charge is 2.44. The lowest BCUT2D eigenvalue weighted by molar-refractivity contribution is -0.183. The second-order valence-electron chi connectivity index (χ2n) is 5.67. The maximum absolute atomic E-state index is 13.2. The number of rotatable bonds is 4. The summed E-state index contributed by atoms with van der Waals surface area (Å²) in [6.45, 7) is 0.156. The summed E-state index contributed by atoms with van der Waals surface area (Å²) in [5, 5.41) is 4.88. The zero-order valence-corrected chi connectivity index (χ0v) is 14.5. The first-order valence-corrected chi connectivity index (χ1v) is 7.60. The lowest BCUT2D eigenvalue weighted by Crippen LogP contribution is -2.57. The molecule has 0 saturated carbocycles. The highest BCUT2D eigenvalue weighted by Crippen LogP contribution is 2.27. The molecular weight excluding hydrogens is 406 g/mol. The molecule has 13 heteroatoms. The first-order valence-electron chi connectivity index (χ1n) is 7.60. The number of carbonyl (C=O) groups is 1. The molecule has 1 aliphatic rings. The number of H-pyrrole nitrogens is 1. The van der Waals surface area contributed by atoms with Gasteiger partial charge in [0.05, 0.1) is 0 Å². The monoisotopic (exact) mass is 422 g/mol. The third-order valence-corrected chi connectivity index (χ3v) is 3.89. The average molecular weight is 423 g/mol. The molecule has 1 aliphatic heterocycles. The van der Waals surface area contributed by atoms with Crippen molar-refractivity contribution in [3.63, 3.8) is 0 Å². The fourth-order valence-corrected chi connectivity index (χ4v) is 2.55. The number of alkyl halides is 6. The number of hydrogen-bond acceptors (Lipinski definition) is 4. The SMILES string of the molecule is Cl.O=C(NCC(N1CCNCC1)C(F)(F)F)c1ccc(C(F)(F)F)[nH]c1=O. The van der Waals surface area contributed by atoms with Crippen molar-refractivity contribution in [2.24, 2.45) is 0 Å². The summed E-state index contributed by atoms with van der Waals surface area (Å²) in [5.74, 6) is -1.18. The van der Waals surface area contributed by atoms with Crippen LogP contribution >= 0.6 is 12.4 Å². The number of hydrogen-bond donors (Lipinski definition) is 3. The van der Waals surface area contributed by atoms with Crippen LogP contribution in [0, 0.1) is 0 Å². The number of pyridine rings is 1. The molecule has 2 heterocycles. The highest BCUT2D eigenvalue weighted by molar-refractivity contribution is 5.93. The molecule has 1 fully saturated rings. The van der Waals surface area contributed by atoms with Crippen LogP contribution in [-0.2, 0) is 6.18 Å². The van der Waals surface area contributed by atoms with E-state index in [1.807, 2.05) is 5.32 Å². The van der Waals surface area contributed by atoms with Gasteiger partial charge in [-0.1, -0.05) is 0 Å². The summed E-state index contributed by atoms with van der Waals surface area (Å²) < 4.78 is 77.1. The lowest BCUT2D eigenvalue weighted by Gasteiger charge is -2.35. The van der Waals surface area contributed by atoms with Gasteiger partial charge in [-0.25, -0.2) is 0 Å². The van der Waals surface area contributed by atoms with Gasteiger partial charge in [-0.15, -0.1) is 12.4 Å². The zero-order valence-electron chi connectivity index (χ0n) is 13.7. The number of aromatic amines is 1. The first-order chi connectivity index (χ1) is 12.0. The molecule has 6 nitrogen and oxygen atoms in total. The van der Waals surface area contributed by atoms with Crippen LogP contribution in [0.3, 0.4) is 0 Å². The number of nitrogens with one attached hydrogen (secondary N) is 3. The van der Waals surface area contributed by atoms with Gasteiger partial charge in [0.1, 0.15) is 17.3 Å². The van der Waals surface area contributed by atoms with E-state index in [4.69, 9.17) is 0 Å². The maximum Gasteiger partial charge on any atom is 0.431 e. The Labute approximate surface area is 155 Å². The van der Waals surface area contributed by atoms with E-state index in [1.54, 1.807) is 0 Å². The Hall–Kier alpha value is -1.79. The highest BCUT2D eigenvalue weighted by atomic mass is 35.5. The van der Waals surface area contributed by atoms with E-state index in [-0.39, 0.29) is 25.5 Å². The Kier molecular flexibility index (Phi) is 7.69. The Morgan fingerprint density at radius 3 is 2.22 bits per heavy atom. The van der Waals surface area contributed by atoms with Crippen LogP contribution in [0.15, 0.2) is 16.9 Å². The van der Waals surface area contributed by atoms with Crippen molar-refractivity contribution < 1.29 is 31.1 Å². The van der Waals surface area contributed by atoms with Crippen LogP contribution in [0.25, 0.3) is 0 Å². The summed E-state index contributed by atoms with van der Waals surface area (Å²) in [5.41, 5.74) is -3.38. The average Bonchev–Trinajstić information content (AvgIpc) is 2.53. The molecule has 2 rings (SSSR count). The minimum atomic E-state index is -4.81. The van der Waals surface area contributed by atoms with Crippen molar-refractivity contribution in [1.29, 1.82) is 0 Å². The summed E-state index contributed by atoms with van der Waals surface area (Å²) in [7, 11) is 0. The second-order valence-corrected chi connectivity index (χ2v) is 5.67. The van der Waals surface area contributed by atoms with Gasteiger partial charge in [-0.2, -0.15) is 26.3 Å². The van der Waals surface area contributed by atoms with E-state index in [0.29, 0.717) is 25.2 Å². The topological polar surface area (TPSA) is 77.2 Å². The van der Waals surface area contributed by atoms with Gasteiger partial charge < -0.3 is 15.6 Å². The third-order valence-electron chi connectivity index (χ3n) is 3.89. The first kappa shape index (κ1) is 23.2. The van der Waals surface area contributed by atoms with Crippen LogP contribution in [0.2, 0.25) is 0 Å². The van der Waals surface area contributed by atoms with E-state index in [0.717, 1.165) is 4.90 Å². The standard InChI is InChI=1S/C14H16F6N4O2.ClH/c15-13(16,17)9-2-1-8(12(26)23-9)11(25)22-7-10(14(18,19)20)24-5-3-21-4-6-24;/h1-2,10,21H,3-7H2,(H,22,25)(H,23,26);1H. The van der Waals surface area contributed by atoms with Crippen LogP contribution in [-0.4, -0.2) is 60.7 Å². The van der Waals surface area contributed by atoms with Crippen molar-refractivity contribution in [3.05, 3.63) is 33.7 Å². The third kappa shape index (κ3) is 6.11. The predicted octanol–water partition coefficient (Wildman–Crippen LogP) is 1.38. The molecular formula is C14H17ClF6N4O2. The summed E-state index contributed by atoms with van der Waals surface area (Å²) in [4.78, 5) is 26.2. The molecule has 1 saturated heterocycles. The number of piperazine rings is 1. The molecule has 0 aliphatic carbocycles. The van der Waals surface area contributed by atoms with Crippen molar-refractivity contribution >= 4 is 18.3 Å². The van der Waals surface area contributed by atoms with Gasteiger partial charge in [0.15, 0.2) is 0 Å². The maximum atomic E-state index is 13.2. The fourth-order valence-electron chi connectivity index (χ4n) is 2.55. The van der Waals surface area contributed by atoms with Gasteiger partial charge in [0.2, 0.25) is 0 Å². The van der Waals surface area contributed by atoms with E-state index in [1.165, 1.54) is 4.98 Å². The zero-order chi connectivity index (χ0) is 19.5. The van der Waals surface area contributed by atoms with Crippen LogP contribution in [0.5, 0.6) is 0 Å². The van der Waals surface area contributed by atoms with Gasteiger partial charge >= 0.3 is 12.4 Å². The van der Waals surface area contributed by atoms with Crippen LogP contribution in [0.4, 0.5) is 26.3 Å². The normalized spacial score (nSPS) is 17.1. The molecule has 27 heavy (non-hydrogen) atoms. The smallest absolute Gasteiger partial charge is 0.350 e. The Bertz CT molecular complexity index is 700. The molecule has 154 valence electrons. The number of carbonyl (C=O) groups excluding carboxylic acids is 1. The van der Waals surface area contributed by atoms with Crippen molar-refractivity contribution in [2.75, 3.05) is 32.7 Å². The predicted molar refractivity (Wildman–Crippen MR) is 85.9 cm³/mol. The Balaban J connectivity index is 0.00000364. The molecule has 1 unspecified atom stereocenters. The second kappa shape index (κ2) is 8.93. The van der Waals surface area contributed by atoms with E-state index < -0.39 is 47.7 Å². The minimum Gasteiger partial charge on any atom is -0.350 e. The molecule has 0 radical (unpaired) electrons. The molecule has 1 atom stereocenters. The van der Waals surface area contributed by atoms with Crippen LogP contribution < -0.4 is 16.2 Å². The number of amides is 1. The van der Waals surface area contributed by atoms with Gasteiger partial charge in [-0.05, 0) is 12.1 Å². The number of aromatic nitrogens is 1. The molecule has 1 amide bonds. The van der Waals surface area contributed by atoms with Gasteiger partial charge in [-0.3, -0.25) is 14.5 Å². The van der Waals surface area contributed by atoms with E-state index in [9.17, 15) is 35.9 Å². The Morgan fingerprint density at radius 2 is 1.74 bits per heavy atom. The molecule has 0 aromatic carbocycles. The summed E-state index contributed by atoms with van der Waals surface area (Å²) in [6, 6.07) is -0.847. The Morgan fingerprint density at radius 1 is 1.15 bits per heavy atom. The molecule has 1 aromatic heterocycles. The largest absolute Gasteiger partial charge is 0.431 e. The lowest BCUT2D eigenvalue weighted by atomic mass is 10.2. The molecule has 0 spiro atoms. The minimum absolute atomic E-state index is 0. The fraction of sp³-hybridized carbons (Fsp3) is 0.571. The molecule has 3 N–H and O–H groups in total. The molecule has 1 aromatic rings. The summed E-state index contributed by atoms with van der Waals surface area (Å²) in [6.07, 6.45) is -9.42. The summed E-state index contributed by atoms with van der Waals surface area (Å²) >= 11 is 0. The van der Waals surface area contributed by atoms with E-state index >= 15 is 0 Å². The number of halogens is 7. The van der Waals surface area contributed by atoms with E-state index in [2.05, 4.69) is 5.32 Å². The van der Waals surface area contributed by atoms with Crippen LogP contribution in [0.1, 0.15) is 16.1 Å². The van der Waals surface area contributed by atoms with Crippen molar-refractivity contribution in [1.82, 2.24) is 20.5 Å². The number of nitrogens with zero attached hydrogens (tertiary/aromatic N) is 1. The van der Waals surface area contributed by atoms with Gasteiger partial charge in [0, 0.05) is 32.7 Å². The van der Waals surface area contributed by atoms with Crippen molar-refractivity contribution in [3.8, 4) is 0 Å². The quantitative estimate of drug-likeness (QED) is 0.641. The molecule has 0 bridgehead atoms. The van der Waals surface area contributed by atoms with Crippen molar-refractivity contribution in [2.45, 2.75) is 18.4 Å².